The Morgan fingerprint density at radius 3 is 2.73 bits per heavy atom. The third-order valence-corrected chi connectivity index (χ3v) is 6.44. The molecule has 0 radical (unpaired) electrons. The van der Waals surface area contributed by atoms with Gasteiger partial charge in [0.1, 0.15) is 5.82 Å². The third kappa shape index (κ3) is 6.39. The minimum atomic E-state index is -0.863. The SMILES string of the molecule is Cl.O=C(O)CCCn1nnc(C=C2CN(C(C(=O)C3CC3)c3ccccc3F)CCC2S)n1. The van der Waals surface area contributed by atoms with Crippen LogP contribution in [0.3, 0.4) is 0 Å². The number of Topliss-reactive ketones (excluding diaryl/α,β-unsaturated/α-hetero) is 1. The second-order valence-electron chi connectivity index (χ2n) is 8.34. The zero-order valence-corrected chi connectivity index (χ0v) is 19.7. The first-order valence-electron chi connectivity index (χ1n) is 10.8. The van der Waals surface area contributed by atoms with Gasteiger partial charge >= 0.3 is 5.97 Å². The molecule has 2 aromatic rings. The fourth-order valence-corrected chi connectivity index (χ4v) is 4.29. The van der Waals surface area contributed by atoms with Crippen LogP contribution in [0.15, 0.2) is 29.8 Å². The van der Waals surface area contributed by atoms with E-state index in [-0.39, 0.29) is 41.6 Å². The predicted octanol–water partition coefficient (Wildman–Crippen LogP) is 3.21. The van der Waals surface area contributed by atoms with Gasteiger partial charge in [0.05, 0.1) is 12.6 Å². The van der Waals surface area contributed by atoms with E-state index in [9.17, 15) is 14.0 Å². The van der Waals surface area contributed by atoms with Gasteiger partial charge in [0.25, 0.3) is 0 Å². The first-order chi connectivity index (χ1) is 15.4. The molecule has 2 fully saturated rings. The van der Waals surface area contributed by atoms with Crippen molar-refractivity contribution in [2.45, 2.75) is 49.9 Å². The molecule has 1 aromatic carbocycles. The zero-order valence-electron chi connectivity index (χ0n) is 18.0. The molecule has 33 heavy (non-hydrogen) atoms. The summed E-state index contributed by atoms with van der Waals surface area (Å²) in [7, 11) is 0. The van der Waals surface area contributed by atoms with Crippen molar-refractivity contribution in [1.82, 2.24) is 25.1 Å². The molecule has 1 N–H and O–H groups in total. The smallest absolute Gasteiger partial charge is 0.303 e. The van der Waals surface area contributed by atoms with Crippen molar-refractivity contribution in [1.29, 1.82) is 0 Å². The highest BCUT2D eigenvalue weighted by Gasteiger charge is 2.40. The van der Waals surface area contributed by atoms with Crippen molar-refractivity contribution in [3.05, 3.63) is 47.0 Å². The van der Waals surface area contributed by atoms with E-state index in [1.165, 1.54) is 10.9 Å². The molecule has 0 bridgehead atoms. The fraction of sp³-hybridized carbons (Fsp3) is 0.500. The number of thiol groups is 1. The van der Waals surface area contributed by atoms with E-state index in [0.29, 0.717) is 43.9 Å². The average molecular weight is 496 g/mol. The molecule has 178 valence electrons. The van der Waals surface area contributed by atoms with Crippen LogP contribution >= 0.6 is 25.0 Å². The third-order valence-electron chi connectivity index (χ3n) is 5.85. The molecule has 1 aromatic heterocycles. The maximum Gasteiger partial charge on any atom is 0.303 e. The zero-order chi connectivity index (χ0) is 22.7. The Hall–Kier alpha value is -2.30. The van der Waals surface area contributed by atoms with E-state index < -0.39 is 12.0 Å². The van der Waals surface area contributed by atoms with E-state index in [1.807, 2.05) is 11.0 Å². The summed E-state index contributed by atoms with van der Waals surface area (Å²) in [5.74, 6) is -0.733. The van der Waals surface area contributed by atoms with Gasteiger partial charge in [-0.05, 0) is 48.6 Å². The number of halogens is 2. The van der Waals surface area contributed by atoms with Crippen LogP contribution in [0.5, 0.6) is 0 Å². The Labute approximate surface area is 203 Å². The molecule has 2 unspecified atom stereocenters. The molecule has 8 nitrogen and oxygen atoms in total. The number of ketones is 1. The van der Waals surface area contributed by atoms with Crippen LogP contribution in [0.1, 0.15) is 49.5 Å². The number of benzene rings is 1. The summed E-state index contributed by atoms with van der Waals surface area (Å²) in [5.41, 5.74) is 1.36. The van der Waals surface area contributed by atoms with E-state index >= 15 is 0 Å². The van der Waals surface area contributed by atoms with Crippen molar-refractivity contribution >= 4 is 42.9 Å². The van der Waals surface area contributed by atoms with Gasteiger partial charge in [-0.1, -0.05) is 18.2 Å². The first-order valence-corrected chi connectivity index (χ1v) is 11.3. The van der Waals surface area contributed by atoms with Crippen LogP contribution in [0.25, 0.3) is 6.08 Å². The average Bonchev–Trinajstić information content (AvgIpc) is 3.52. The van der Waals surface area contributed by atoms with Gasteiger partial charge in [0.2, 0.25) is 0 Å². The second-order valence-corrected chi connectivity index (χ2v) is 8.96. The van der Waals surface area contributed by atoms with Crippen molar-refractivity contribution in [2.24, 2.45) is 5.92 Å². The normalized spacial score (nSPS) is 20.9. The molecule has 1 aliphatic carbocycles. The fourth-order valence-electron chi connectivity index (χ4n) is 4.02. The molecule has 2 atom stereocenters. The first kappa shape index (κ1) is 25.3. The van der Waals surface area contributed by atoms with E-state index in [2.05, 4.69) is 15.4 Å². The molecule has 2 heterocycles. The molecular formula is C22H27ClFN5O3S. The minimum absolute atomic E-state index is 0. The number of hydrogen-bond donors (Lipinski definition) is 2. The number of nitrogens with zero attached hydrogens (tertiary/aromatic N) is 5. The van der Waals surface area contributed by atoms with Gasteiger partial charge < -0.3 is 5.11 Å². The van der Waals surface area contributed by atoms with E-state index in [1.54, 1.807) is 18.2 Å². The molecule has 0 spiro atoms. The highest BCUT2D eigenvalue weighted by Crippen LogP contribution is 2.39. The molecule has 4 rings (SSSR count). The lowest BCUT2D eigenvalue weighted by Crippen LogP contribution is -2.42. The number of carbonyl (C=O) groups excluding carboxylic acids is 1. The number of likely N-dealkylation sites (tertiary alicyclic amines) is 1. The van der Waals surface area contributed by atoms with Gasteiger partial charge in [-0.3, -0.25) is 14.5 Å². The molecule has 2 aliphatic rings. The predicted molar refractivity (Wildman–Crippen MR) is 126 cm³/mol. The Bertz CT molecular complexity index is 1030. The number of hydrogen-bond acceptors (Lipinski definition) is 7. The van der Waals surface area contributed by atoms with Crippen LogP contribution < -0.4 is 0 Å². The van der Waals surface area contributed by atoms with Crippen LogP contribution in [0.4, 0.5) is 4.39 Å². The van der Waals surface area contributed by atoms with Gasteiger partial charge in [-0.25, -0.2) is 4.39 Å². The summed E-state index contributed by atoms with van der Waals surface area (Å²) in [5, 5.41) is 21.0. The van der Waals surface area contributed by atoms with Gasteiger partial charge in [-0.2, -0.15) is 17.4 Å². The van der Waals surface area contributed by atoms with Gasteiger partial charge in [-0.15, -0.1) is 22.6 Å². The summed E-state index contributed by atoms with van der Waals surface area (Å²) < 4.78 is 14.6. The summed E-state index contributed by atoms with van der Waals surface area (Å²) in [6.07, 6.45) is 4.71. The molecule has 1 saturated heterocycles. The summed E-state index contributed by atoms with van der Waals surface area (Å²) >= 11 is 4.69. The number of aromatic nitrogens is 4. The van der Waals surface area contributed by atoms with Crippen molar-refractivity contribution in [2.75, 3.05) is 13.1 Å². The largest absolute Gasteiger partial charge is 0.481 e. The monoisotopic (exact) mass is 495 g/mol. The molecule has 11 heteroatoms. The Kier molecular flexibility index (Phi) is 8.61. The number of tetrazole rings is 1. The summed E-state index contributed by atoms with van der Waals surface area (Å²) in [6, 6.07) is 5.87. The van der Waals surface area contributed by atoms with E-state index in [0.717, 1.165) is 18.4 Å². The molecule has 1 saturated carbocycles. The molecule has 0 amide bonds. The number of piperidine rings is 1. The minimum Gasteiger partial charge on any atom is -0.481 e. The highest BCUT2D eigenvalue weighted by atomic mass is 35.5. The lowest BCUT2D eigenvalue weighted by Gasteiger charge is -2.37. The number of carboxylic acids is 1. The van der Waals surface area contributed by atoms with Crippen LogP contribution in [0, 0.1) is 11.7 Å². The topological polar surface area (TPSA) is 101 Å². The Morgan fingerprint density at radius 2 is 2.03 bits per heavy atom. The number of carbonyl (C=O) groups is 2. The van der Waals surface area contributed by atoms with Gasteiger partial charge in [0, 0.05) is 36.2 Å². The van der Waals surface area contributed by atoms with Crippen LogP contribution in [-0.2, 0) is 16.1 Å². The van der Waals surface area contributed by atoms with Crippen LogP contribution in [-0.4, -0.2) is 60.3 Å². The van der Waals surface area contributed by atoms with Crippen molar-refractivity contribution in [3.8, 4) is 0 Å². The molecule has 1 aliphatic heterocycles. The summed E-state index contributed by atoms with van der Waals surface area (Å²) in [6.45, 7) is 1.46. The van der Waals surface area contributed by atoms with Gasteiger partial charge in [0.15, 0.2) is 11.6 Å². The lowest BCUT2D eigenvalue weighted by atomic mass is 9.93. The maximum absolute atomic E-state index is 14.6. The summed E-state index contributed by atoms with van der Waals surface area (Å²) in [4.78, 5) is 27.2. The highest BCUT2D eigenvalue weighted by molar-refractivity contribution is 7.81. The van der Waals surface area contributed by atoms with Crippen molar-refractivity contribution < 1.29 is 19.1 Å². The Balaban J connectivity index is 0.00000306. The Morgan fingerprint density at radius 1 is 1.27 bits per heavy atom. The number of rotatable bonds is 9. The maximum atomic E-state index is 14.6. The number of carboxylic acid groups (broad SMARTS) is 1. The molecular weight excluding hydrogens is 469 g/mol. The standard InChI is InChI=1S/C22H26FN5O3S.ClH/c23-17-5-2-1-4-16(17)21(22(31)14-7-8-14)27-11-9-18(32)15(13-27)12-19-24-26-28(25-19)10-3-6-20(29)30;/h1-2,4-5,12,14,18,21,32H,3,6-11,13H2,(H,29,30);1H. The lowest BCUT2D eigenvalue weighted by molar-refractivity contribution is -0.137. The second kappa shape index (κ2) is 11.2. The quantitative estimate of drug-likeness (QED) is 0.515. The van der Waals surface area contributed by atoms with Crippen LogP contribution in [0.2, 0.25) is 0 Å². The van der Waals surface area contributed by atoms with E-state index in [4.69, 9.17) is 17.7 Å². The van der Waals surface area contributed by atoms with Crippen molar-refractivity contribution in [3.63, 3.8) is 0 Å². The number of aliphatic carboxylic acids is 1. The number of aryl methyl sites for hydroxylation is 1.